The van der Waals surface area contributed by atoms with Crippen molar-refractivity contribution in [3.8, 4) is 0 Å². The number of rotatable bonds is 5. The van der Waals surface area contributed by atoms with Gasteiger partial charge in [-0.05, 0) is 32.1 Å². The van der Waals surface area contributed by atoms with Crippen LogP contribution in [0.2, 0.25) is 0 Å². The number of carboxylic acid groups (broad SMARTS) is 1. The van der Waals surface area contributed by atoms with E-state index >= 15 is 0 Å². The first-order valence-corrected chi connectivity index (χ1v) is 7.17. The first kappa shape index (κ1) is 16.0. The van der Waals surface area contributed by atoms with E-state index in [-0.39, 0.29) is 5.91 Å². The number of piperidine rings is 1. The lowest BCUT2D eigenvalue weighted by atomic mass is 9.76. The minimum absolute atomic E-state index is 0.0346. The fraction of sp³-hybridized carbons (Fsp3) is 0.857. The van der Waals surface area contributed by atoms with Crippen molar-refractivity contribution in [1.82, 2.24) is 4.90 Å². The maximum absolute atomic E-state index is 12.4. The summed E-state index contributed by atoms with van der Waals surface area (Å²) in [5.41, 5.74) is 4.67. The molecular formula is C14H26N2O3. The van der Waals surface area contributed by atoms with Crippen LogP contribution in [-0.2, 0) is 9.59 Å². The Hall–Kier alpha value is -1.10. The highest BCUT2D eigenvalue weighted by molar-refractivity contribution is 5.86. The Labute approximate surface area is 115 Å². The van der Waals surface area contributed by atoms with Crippen molar-refractivity contribution in [3.05, 3.63) is 0 Å². The SMILES string of the molecule is CCC(N)(CC)C(=O)N1CCC(CC)(C(=O)O)CC1. The Morgan fingerprint density at radius 1 is 1.21 bits per heavy atom. The van der Waals surface area contributed by atoms with Crippen molar-refractivity contribution in [2.75, 3.05) is 13.1 Å². The quantitative estimate of drug-likeness (QED) is 0.795. The van der Waals surface area contributed by atoms with Gasteiger partial charge in [-0.3, -0.25) is 9.59 Å². The standard InChI is InChI=1S/C14H26N2O3/c1-4-13(12(18)19)7-9-16(10-8-13)11(17)14(15,5-2)6-3/h4-10,15H2,1-3H3,(H,18,19). The van der Waals surface area contributed by atoms with E-state index in [4.69, 9.17) is 5.73 Å². The van der Waals surface area contributed by atoms with Crippen LogP contribution >= 0.6 is 0 Å². The summed E-state index contributed by atoms with van der Waals surface area (Å²) in [6, 6.07) is 0. The number of nitrogens with two attached hydrogens (primary N) is 1. The van der Waals surface area contributed by atoms with E-state index in [1.165, 1.54) is 0 Å². The minimum Gasteiger partial charge on any atom is -0.481 e. The molecule has 1 amide bonds. The van der Waals surface area contributed by atoms with Crippen molar-refractivity contribution in [2.45, 2.75) is 58.4 Å². The van der Waals surface area contributed by atoms with Gasteiger partial charge in [0.05, 0.1) is 11.0 Å². The highest BCUT2D eigenvalue weighted by atomic mass is 16.4. The molecule has 3 N–H and O–H groups in total. The molecule has 0 bridgehead atoms. The van der Waals surface area contributed by atoms with Crippen LogP contribution in [-0.4, -0.2) is 40.5 Å². The molecule has 0 atom stereocenters. The van der Waals surface area contributed by atoms with Crippen molar-refractivity contribution in [2.24, 2.45) is 11.1 Å². The molecule has 1 aliphatic heterocycles. The molecule has 5 nitrogen and oxygen atoms in total. The van der Waals surface area contributed by atoms with Crippen LogP contribution in [0.25, 0.3) is 0 Å². The molecule has 1 aliphatic rings. The summed E-state index contributed by atoms with van der Waals surface area (Å²) in [4.78, 5) is 25.5. The topological polar surface area (TPSA) is 83.6 Å². The molecule has 0 unspecified atom stereocenters. The smallest absolute Gasteiger partial charge is 0.309 e. The van der Waals surface area contributed by atoms with Gasteiger partial charge in [-0.1, -0.05) is 20.8 Å². The van der Waals surface area contributed by atoms with Gasteiger partial charge in [-0.2, -0.15) is 0 Å². The summed E-state index contributed by atoms with van der Waals surface area (Å²) in [6.45, 7) is 6.73. The van der Waals surface area contributed by atoms with Gasteiger partial charge in [0.1, 0.15) is 0 Å². The van der Waals surface area contributed by atoms with E-state index in [1.807, 2.05) is 20.8 Å². The van der Waals surface area contributed by atoms with Gasteiger partial charge in [0.2, 0.25) is 5.91 Å². The van der Waals surface area contributed by atoms with E-state index in [2.05, 4.69) is 0 Å². The Balaban J connectivity index is 2.73. The fourth-order valence-corrected chi connectivity index (χ4v) is 2.72. The fourth-order valence-electron chi connectivity index (χ4n) is 2.72. The second-order valence-electron chi connectivity index (χ2n) is 5.59. The lowest BCUT2D eigenvalue weighted by molar-refractivity contribution is -0.155. The number of carbonyl (C=O) groups excluding carboxylic acids is 1. The van der Waals surface area contributed by atoms with Crippen molar-refractivity contribution in [3.63, 3.8) is 0 Å². The zero-order valence-electron chi connectivity index (χ0n) is 12.2. The summed E-state index contributed by atoms with van der Waals surface area (Å²) in [5.74, 6) is -0.778. The van der Waals surface area contributed by atoms with E-state index in [0.717, 1.165) is 0 Å². The predicted molar refractivity (Wildman–Crippen MR) is 73.7 cm³/mol. The van der Waals surface area contributed by atoms with Gasteiger partial charge in [0, 0.05) is 13.1 Å². The van der Waals surface area contributed by atoms with Crippen LogP contribution in [0.15, 0.2) is 0 Å². The Morgan fingerprint density at radius 2 is 1.68 bits per heavy atom. The van der Waals surface area contributed by atoms with Gasteiger partial charge in [0.15, 0.2) is 0 Å². The third kappa shape index (κ3) is 2.91. The van der Waals surface area contributed by atoms with Crippen molar-refractivity contribution >= 4 is 11.9 Å². The molecule has 1 saturated heterocycles. The number of carboxylic acids is 1. The molecule has 1 fully saturated rings. The van der Waals surface area contributed by atoms with Crippen molar-refractivity contribution in [1.29, 1.82) is 0 Å². The second-order valence-corrected chi connectivity index (χ2v) is 5.59. The van der Waals surface area contributed by atoms with Crippen LogP contribution in [0.3, 0.4) is 0 Å². The number of nitrogens with zero attached hydrogens (tertiary/aromatic N) is 1. The monoisotopic (exact) mass is 270 g/mol. The molecule has 0 aromatic heterocycles. The number of hydrogen-bond acceptors (Lipinski definition) is 3. The Kier molecular flexibility index (Phi) is 4.96. The lowest BCUT2D eigenvalue weighted by Crippen LogP contribution is -2.57. The molecule has 0 saturated carbocycles. The Morgan fingerprint density at radius 3 is 2.00 bits per heavy atom. The zero-order valence-corrected chi connectivity index (χ0v) is 12.2. The number of hydrogen-bond donors (Lipinski definition) is 2. The molecule has 0 spiro atoms. The number of carbonyl (C=O) groups is 2. The molecule has 0 aromatic carbocycles. The third-order valence-electron chi connectivity index (χ3n) is 4.83. The highest BCUT2D eigenvalue weighted by Gasteiger charge is 2.43. The predicted octanol–water partition coefficient (Wildman–Crippen LogP) is 1.61. The third-order valence-corrected chi connectivity index (χ3v) is 4.83. The minimum atomic E-state index is -0.796. The average Bonchev–Trinajstić information content (AvgIpc) is 2.45. The average molecular weight is 270 g/mol. The summed E-state index contributed by atoms with van der Waals surface area (Å²) in [5, 5.41) is 9.34. The molecule has 19 heavy (non-hydrogen) atoms. The molecule has 0 radical (unpaired) electrons. The van der Waals surface area contributed by atoms with E-state index < -0.39 is 16.9 Å². The molecule has 110 valence electrons. The van der Waals surface area contributed by atoms with Crippen LogP contribution in [0.1, 0.15) is 52.9 Å². The summed E-state index contributed by atoms with van der Waals surface area (Å²) in [6.07, 6.45) is 2.87. The van der Waals surface area contributed by atoms with Crippen molar-refractivity contribution < 1.29 is 14.7 Å². The molecule has 0 aromatic rings. The summed E-state index contributed by atoms with van der Waals surface area (Å²) >= 11 is 0. The van der Waals surface area contributed by atoms with Gasteiger partial charge < -0.3 is 15.7 Å². The normalized spacial score (nSPS) is 19.3. The van der Waals surface area contributed by atoms with Crippen LogP contribution in [0.4, 0.5) is 0 Å². The molecule has 0 aliphatic carbocycles. The van der Waals surface area contributed by atoms with Gasteiger partial charge in [-0.25, -0.2) is 0 Å². The number of likely N-dealkylation sites (tertiary alicyclic amines) is 1. The molecule has 1 rings (SSSR count). The first-order chi connectivity index (χ1) is 8.85. The maximum Gasteiger partial charge on any atom is 0.309 e. The van der Waals surface area contributed by atoms with Gasteiger partial charge >= 0.3 is 5.97 Å². The molecule has 1 heterocycles. The number of amides is 1. The van der Waals surface area contributed by atoms with E-state index in [9.17, 15) is 14.7 Å². The second kappa shape index (κ2) is 5.90. The lowest BCUT2D eigenvalue weighted by Gasteiger charge is -2.41. The van der Waals surface area contributed by atoms with Crippen LogP contribution in [0.5, 0.6) is 0 Å². The summed E-state index contributed by atoms with van der Waals surface area (Å²) < 4.78 is 0. The van der Waals surface area contributed by atoms with Gasteiger partial charge in [0.25, 0.3) is 0 Å². The first-order valence-electron chi connectivity index (χ1n) is 7.17. The Bertz CT molecular complexity index is 343. The van der Waals surface area contributed by atoms with Crippen LogP contribution < -0.4 is 5.73 Å². The largest absolute Gasteiger partial charge is 0.481 e. The highest BCUT2D eigenvalue weighted by Crippen LogP contribution is 2.35. The molecule has 5 heteroatoms. The van der Waals surface area contributed by atoms with E-state index in [0.29, 0.717) is 45.2 Å². The van der Waals surface area contributed by atoms with Crippen LogP contribution in [0, 0.1) is 5.41 Å². The number of aliphatic carboxylic acids is 1. The van der Waals surface area contributed by atoms with E-state index in [1.54, 1.807) is 4.90 Å². The maximum atomic E-state index is 12.4. The summed E-state index contributed by atoms with van der Waals surface area (Å²) in [7, 11) is 0. The van der Waals surface area contributed by atoms with Gasteiger partial charge in [-0.15, -0.1) is 0 Å². The zero-order chi connectivity index (χ0) is 14.7. The molecular weight excluding hydrogens is 244 g/mol.